The van der Waals surface area contributed by atoms with Gasteiger partial charge in [0.25, 0.3) is 0 Å². The summed E-state index contributed by atoms with van der Waals surface area (Å²) in [6.45, 7) is 2.33. The number of hydrogen-bond acceptors (Lipinski definition) is 12. The van der Waals surface area contributed by atoms with Gasteiger partial charge in [0.1, 0.15) is 22.6 Å². The Morgan fingerprint density at radius 2 is 1.06 bits per heavy atom. The first-order chi connectivity index (χ1) is 14.1. The van der Waals surface area contributed by atoms with Gasteiger partial charge in [-0.3, -0.25) is 15.3 Å². The Labute approximate surface area is 237 Å². The normalized spacial score (nSPS) is 7.44. The zero-order chi connectivity index (χ0) is 23.7. The molecule has 0 saturated heterocycles. The van der Waals surface area contributed by atoms with E-state index in [-0.39, 0.29) is 92.7 Å². The molecule has 0 fully saturated rings. The van der Waals surface area contributed by atoms with Gasteiger partial charge in [-0.2, -0.15) is 5.26 Å². The van der Waals surface area contributed by atoms with E-state index in [0.717, 1.165) is 6.92 Å². The van der Waals surface area contributed by atoms with Crippen LogP contribution in [0.25, 0.3) is 0 Å². The molecule has 0 saturated carbocycles. The Kier molecular flexibility index (Phi) is 36.3. The van der Waals surface area contributed by atoms with Gasteiger partial charge in [-0.05, 0) is 24.3 Å². The zero-order valence-corrected chi connectivity index (χ0v) is 22.6. The quantitative estimate of drug-likeness (QED) is 0.0760. The smallest absolute Gasteiger partial charge is 0.870 e. The molecule has 2 aromatic carbocycles. The molecule has 0 radical (unpaired) electrons. The first kappa shape index (κ1) is 45.4. The van der Waals surface area contributed by atoms with Crippen LogP contribution >= 0.6 is 0 Å². The van der Waals surface area contributed by atoms with E-state index in [2.05, 4.69) is 9.62 Å². The number of aromatic hydroxyl groups is 1. The van der Waals surface area contributed by atoms with Crippen molar-refractivity contribution in [1.82, 2.24) is 0 Å². The van der Waals surface area contributed by atoms with Crippen LogP contribution in [0.1, 0.15) is 34.6 Å². The van der Waals surface area contributed by atoms with Gasteiger partial charge >= 0.3 is 83.0 Å². The minimum absolute atomic E-state index is 0. The summed E-state index contributed by atoms with van der Waals surface area (Å²) in [5, 5.41) is 45.3. The maximum Gasteiger partial charge on any atom is 1.00 e. The van der Waals surface area contributed by atoms with E-state index in [4.69, 9.17) is 31.1 Å². The van der Waals surface area contributed by atoms with Crippen LogP contribution in [0.2, 0.25) is 0 Å². The van der Waals surface area contributed by atoms with Crippen LogP contribution in [0.4, 0.5) is 0 Å². The van der Waals surface area contributed by atoms with Gasteiger partial charge in [0, 0.05) is 13.8 Å². The summed E-state index contributed by atoms with van der Waals surface area (Å²) >= 11 is 0. The van der Waals surface area contributed by atoms with Gasteiger partial charge in [0.05, 0.1) is 0 Å². The van der Waals surface area contributed by atoms with Crippen molar-refractivity contribution in [3.05, 3.63) is 59.7 Å². The molecule has 180 valence electrons. The molecule has 2 rings (SSSR count). The Hall–Kier alpha value is -2.08. The van der Waals surface area contributed by atoms with Crippen LogP contribution < -0.4 is 63.9 Å². The van der Waals surface area contributed by atoms with E-state index in [1.54, 1.807) is 24.3 Å². The average Bonchev–Trinajstić information content (AvgIpc) is 2.70. The predicted molar refractivity (Wildman–Crippen MR) is 103 cm³/mol. The van der Waals surface area contributed by atoms with Crippen LogP contribution in [0.3, 0.4) is 0 Å². The molecule has 14 nitrogen and oxygen atoms in total. The van der Waals surface area contributed by atoms with E-state index in [1.807, 2.05) is 0 Å². The van der Waals surface area contributed by atoms with Crippen molar-refractivity contribution < 1.29 is 130 Å². The van der Waals surface area contributed by atoms with Crippen LogP contribution in [-0.4, -0.2) is 65.9 Å². The van der Waals surface area contributed by atoms with Crippen molar-refractivity contribution in [1.29, 1.82) is 0 Å². The number of ether oxygens (including phenoxy) is 1. The summed E-state index contributed by atoms with van der Waals surface area (Å²) in [5.41, 5.74) is -0.0831. The number of carboxylic acid groups (broad SMARTS) is 2. The minimum Gasteiger partial charge on any atom is -0.870 e. The molecule has 8 N–H and O–H groups in total. The van der Waals surface area contributed by atoms with Gasteiger partial charge in [0.15, 0.2) is 0 Å². The number of carbonyl (C=O) groups is 4. The third kappa shape index (κ3) is 21.7. The van der Waals surface area contributed by atoms with E-state index in [9.17, 15) is 19.2 Å². The van der Waals surface area contributed by atoms with Crippen molar-refractivity contribution in [2.75, 3.05) is 0 Å². The molecule has 0 aliphatic carbocycles. The number of aromatic carboxylic acids is 2. The Balaban J connectivity index is -0.0000000843. The molecule has 0 atom stereocenters. The first-order valence-corrected chi connectivity index (χ1v) is 7.64. The first-order valence-electron chi connectivity index (χ1n) is 7.64. The maximum atomic E-state index is 10.6. The molecule has 0 spiro atoms. The molecule has 16 heteroatoms. The fourth-order valence-corrected chi connectivity index (χ4v) is 1.54. The summed E-state index contributed by atoms with van der Waals surface area (Å²) < 4.78 is 4.69. The average molecular weight is 508 g/mol. The van der Waals surface area contributed by atoms with Gasteiger partial charge in [-0.1, -0.05) is 24.3 Å². The Morgan fingerprint density at radius 1 is 0.706 bits per heavy atom. The molecule has 2 aromatic rings. The van der Waals surface area contributed by atoms with Gasteiger partial charge in [0.2, 0.25) is 0 Å². The molecule has 0 unspecified atom stereocenters. The van der Waals surface area contributed by atoms with Crippen molar-refractivity contribution in [3.63, 3.8) is 0 Å². The molecule has 0 amide bonds. The third-order valence-electron chi connectivity index (χ3n) is 2.63. The molecule has 0 aliphatic rings. The fraction of sp³-hybridized carbons (Fsp3) is 0.111. The minimum atomic E-state index is -1.11. The molecular weight excluding hydrogens is 486 g/mol. The number of carbonyl (C=O) groups excluding carboxylic acids is 2. The number of rotatable bonds is 3. The summed E-state index contributed by atoms with van der Waals surface area (Å²) in [7, 11) is 0. The monoisotopic (exact) mass is 508 g/mol. The Morgan fingerprint density at radius 3 is 1.35 bits per heavy atom. The van der Waals surface area contributed by atoms with Crippen LogP contribution in [0.5, 0.6) is 11.5 Å². The number of hydrogen-bond donors (Lipinski definition) is 6. The summed E-state index contributed by atoms with van der Waals surface area (Å²) in [4.78, 5) is 43.9. The van der Waals surface area contributed by atoms with Gasteiger partial charge < -0.3 is 35.9 Å². The number of esters is 1. The second-order valence-electron chi connectivity index (χ2n) is 4.80. The summed E-state index contributed by atoms with van der Waals surface area (Å²) in [6.07, 6.45) is 0. The van der Waals surface area contributed by atoms with Crippen molar-refractivity contribution in [2.24, 2.45) is 0 Å². The van der Waals surface area contributed by atoms with E-state index >= 15 is 0 Å². The number of para-hydroxylation sites is 2. The van der Waals surface area contributed by atoms with Crippen LogP contribution in [-0.2, 0) is 14.5 Å². The second-order valence-corrected chi connectivity index (χ2v) is 4.80. The summed E-state index contributed by atoms with van der Waals surface area (Å²) in [6, 6.07) is 11.8. The zero-order valence-electron chi connectivity index (χ0n) is 18.6. The predicted octanol–water partition coefficient (Wildman–Crippen LogP) is -3.91. The number of benzene rings is 2. The van der Waals surface area contributed by atoms with Crippen LogP contribution in [0, 0.1) is 0 Å². The van der Waals surface area contributed by atoms with E-state index in [1.165, 1.54) is 31.2 Å². The molecule has 0 heterocycles. The third-order valence-corrected chi connectivity index (χ3v) is 2.63. The second kappa shape index (κ2) is 27.2. The standard InChI is InChI=1S/C9H8O4.C7H6O3.C2H4O3.2Na.H2O2.2H2O/c1-6(10)13-8-5-3-2-4-7(8)9(11)12;8-6-4-2-1-3-5(6)7(9)10;1-2(3)5-4;;;1-2;;/h2-5H,1H3,(H,11,12);1-4,8H,(H,9,10);4H,1H3;;;1-2H;2*1H2/q;;;2*+1;;;/p-2. The fourth-order valence-electron chi connectivity index (χ4n) is 1.54. The molecule has 0 bridgehead atoms. The van der Waals surface area contributed by atoms with Crippen molar-refractivity contribution in [3.8, 4) is 11.5 Å². The van der Waals surface area contributed by atoms with E-state index in [0.29, 0.717) is 0 Å². The maximum absolute atomic E-state index is 10.6. The molecular formula is C18H22Na2O14. The topological polar surface area (TPSA) is 268 Å². The Bertz CT molecular complexity index is 845. The molecule has 0 aromatic heterocycles. The van der Waals surface area contributed by atoms with Crippen molar-refractivity contribution >= 4 is 23.9 Å². The van der Waals surface area contributed by atoms with Crippen molar-refractivity contribution in [2.45, 2.75) is 13.8 Å². The summed E-state index contributed by atoms with van der Waals surface area (Å²) in [5.74, 6) is -3.58. The van der Waals surface area contributed by atoms with Gasteiger partial charge in [-0.15, -0.1) is 0 Å². The number of phenols is 1. The van der Waals surface area contributed by atoms with Crippen LogP contribution in [0.15, 0.2) is 48.5 Å². The molecule has 34 heavy (non-hydrogen) atoms. The van der Waals surface area contributed by atoms with E-state index < -0.39 is 23.9 Å². The SMILES string of the molecule is CC(=O)OO.CC(=O)Oc1ccccc1C(=O)O.O=C(O)c1ccccc1O.OO.[Na+].[Na+].[OH-].[OH-]. The number of carboxylic acids is 2. The largest absolute Gasteiger partial charge is 1.00 e. The van der Waals surface area contributed by atoms with Gasteiger partial charge in [-0.25, -0.2) is 14.4 Å². The molecule has 0 aliphatic heterocycles.